The van der Waals surface area contributed by atoms with Crippen molar-refractivity contribution in [2.24, 2.45) is 0 Å². The third-order valence-corrected chi connectivity index (χ3v) is 4.11. The van der Waals surface area contributed by atoms with E-state index < -0.39 is 0 Å². The molecule has 0 N–H and O–H groups in total. The van der Waals surface area contributed by atoms with Gasteiger partial charge in [0.2, 0.25) is 0 Å². The normalized spacial score (nSPS) is 14.1. The quantitative estimate of drug-likeness (QED) is 0.814. The molecule has 19 heavy (non-hydrogen) atoms. The van der Waals surface area contributed by atoms with Gasteiger partial charge in [0, 0.05) is 11.1 Å². The van der Waals surface area contributed by atoms with E-state index in [1.807, 2.05) is 0 Å². The zero-order valence-electron chi connectivity index (χ0n) is 11.4. The highest BCUT2D eigenvalue weighted by molar-refractivity contribution is 5.85. The number of aryl methyl sites for hydroxylation is 2. The van der Waals surface area contributed by atoms with Crippen LogP contribution in [0, 0.1) is 11.3 Å². The van der Waals surface area contributed by atoms with Crippen LogP contribution in [0.2, 0.25) is 0 Å². The Morgan fingerprint density at radius 3 is 2.89 bits per heavy atom. The van der Waals surface area contributed by atoms with Gasteiger partial charge in [-0.25, -0.2) is 0 Å². The van der Waals surface area contributed by atoms with Crippen LogP contribution < -0.4 is 0 Å². The summed E-state index contributed by atoms with van der Waals surface area (Å²) < 4.78 is 0. The number of benzene rings is 1. The lowest BCUT2D eigenvalue weighted by atomic mass is 9.88. The fraction of sp³-hybridized carbons (Fsp3) is 0.412. The van der Waals surface area contributed by atoms with Crippen molar-refractivity contribution >= 4 is 10.9 Å². The molecule has 3 rings (SSSR count). The Balaban J connectivity index is 2.30. The zero-order valence-corrected chi connectivity index (χ0v) is 11.4. The molecular formula is C17H18N2. The molecule has 0 fully saturated rings. The predicted molar refractivity (Wildman–Crippen MR) is 77.1 cm³/mol. The summed E-state index contributed by atoms with van der Waals surface area (Å²) in [6.07, 6.45) is 6.15. The molecule has 0 aliphatic heterocycles. The number of aromatic nitrogens is 1. The average Bonchev–Trinajstić information content (AvgIpc) is 2.47. The summed E-state index contributed by atoms with van der Waals surface area (Å²) in [7, 11) is 0. The molecule has 2 nitrogen and oxygen atoms in total. The summed E-state index contributed by atoms with van der Waals surface area (Å²) in [6.45, 7) is 2.16. The Kier molecular flexibility index (Phi) is 3.21. The van der Waals surface area contributed by atoms with E-state index in [0.717, 1.165) is 24.8 Å². The number of hydrogen-bond acceptors (Lipinski definition) is 2. The summed E-state index contributed by atoms with van der Waals surface area (Å²) in [6, 6.07) is 8.83. The Labute approximate surface area is 114 Å². The second kappa shape index (κ2) is 5.01. The molecule has 0 unspecified atom stereocenters. The van der Waals surface area contributed by atoms with Crippen molar-refractivity contribution in [1.82, 2.24) is 4.98 Å². The summed E-state index contributed by atoms with van der Waals surface area (Å²) in [5, 5.41) is 10.3. The van der Waals surface area contributed by atoms with Crippen LogP contribution in [-0.4, -0.2) is 4.98 Å². The van der Waals surface area contributed by atoms with Gasteiger partial charge in [-0.1, -0.05) is 13.0 Å². The van der Waals surface area contributed by atoms with E-state index in [4.69, 9.17) is 10.2 Å². The van der Waals surface area contributed by atoms with Gasteiger partial charge in [-0.05, 0) is 60.9 Å². The van der Waals surface area contributed by atoms with Crippen LogP contribution in [0.25, 0.3) is 10.9 Å². The molecule has 1 aromatic carbocycles. The van der Waals surface area contributed by atoms with E-state index in [0.29, 0.717) is 6.42 Å². The van der Waals surface area contributed by atoms with Crippen molar-refractivity contribution in [2.75, 3.05) is 0 Å². The van der Waals surface area contributed by atoms with Crippen molar-refractivity contribution in [2.45, 2.75) is 45.4 Å². The van der Waals surface area contributed by atoms with Crippen LogP contribution in [0.3, 0.4) is 0 Å². The third kappa shape index (κ3) is 2.10. The molecule has 2 heteroatoms. The number of rotatable bonds is 2. The van der Waals surface area contributed by atoms with Gasteiger partial charge in [-0.3, -0.25) is 4.98 Å². The Bertz CT molecular complexity index is 665. The van der Waals surface area contributed by atoms with Crippen molar-refractivity contribution in [3.63, 3.8) is 0 Å². The van der Waals surface area contributed by atoms with Crippen molar-refractivity contribution in [3.05, 3.63) is 40.6 Å². The van der Waals surface area contributed by atoms with Crippen LogP contribution in [0.5, 0.6) is 0 Å². The van der Waals surface area contributed by atoms with Crippen LogP contribution in [0.15, 0.2) is 18.2 Å². The minimum Gasteiger partial charge on any atom is -0.253 e. The second-order valence-electron chi connectivity index (χ2n) is 5.26. The Morgan fingerprint density at radius 2 is 2.11 bits per heavy atom. The molecule has 0 saturated carbocycles. The number of fused-ring (bicyclic) bond motifs is 2. The van der Waals surface area contributed by atoms with Gasteiger partial charge in [0.15, 0.2) is 0 Å². The average molecular weight is 250 g/mol. The fourth-order valence-electron chi connectivity index (χ4n) is 3.07. The maximum Gasteiger partial charge on any atom is 0.0708 e. The summed E-state index contributed by atoms with van der Waals surface area (Å²) in [5.41, 5.74) is 6.20. The largest absolute Gasteiger partial charge is 0.253 e. The molecule has 1 aliphatic carbocycles. The number of nitrogens with zero attached hydrogens (tertiary/aromatic N) is 2. The van der Waals surface area contributed by atoms with E-state index >= 15 is 0 Å². The van der Waals surface area contributed by atoms with Gasteiger partial charge in [-0.2, -0.15) is 5.26 Å². The summed E-state index contributed by atoms with van der Waals surface area (Å²) in [4.78, 5) is 4.82. The fourth-order valence-corrected chi connectivity index (χ4v) is 3.07. The first-order valence-electron chi connectivity index (χ1n) is 7.13. The summed E-state index contributed by atoms with van der Waals surface area (Å²) in [5.74, 6) is 0. The van der Waals surface area contributed by atoms with Crippen molar-refractivity contribution < 1.29 is 0 Å². The highest BCUT2D eigenvalue weighted by Crippen LogP contribution is 2.30. The molecule has 96 valence electrons. The van der Waals surface area contributed by atoms with E-state index in [-0.39, 0.29) is 0 Å². The molecule has 0 saturated heterocycles. The molecule has 0 amide bonds. The first-order chi connectivity index (χ1) is 9.33. The molecular weight excluding hydrogens is 232 g/mol. The first-order valence-corrected chi connectivity index (χ1v) is 7.13. The molecule has 0 spiro atoms. The maximum atomic E-state index is 9.14. The highest BCUT2D eigenvalue weighted by atomic mass is 14.7. The molecule has 1 aromatic heterocycles. The second-order valence-corrected chi connectivity index (χ2v) is 5.26. The number of pyridine rings is 1. The van der Waals surface area contributed by atoms with Crippen LogP contribution in [-0.2, 0) is 25.7 Å². The maximum absolute atomic E-state index is 9.14. The van der Waals surface area contributed by atoms with Crippen molar-refractivity contribution in [1.29, 1.82) is 5.26 Å². The zero-order chi connectivity index (χ0) is 13.2. The van der Waals surface area contributed by atoms with Crippen molar-refractivity contribution in [3.8, 4) is 6.07 Å². The smallest absolute Gasteiger partial charge is 0.0708 e. The Hall–Kier alpha value is -1.88. The van der Waals surface area contributed by atoms with Gasteiger partial charge >= 0.3 is 0 Å². The monoisotopic (exact) mass is 250 g/mol. The van der Waals surface area contributed by atoms with Crippen LogP contribution >= 0.6 is 0 Å². The molecule has 0 atom stereocenters. The van der Waals surface area contributed by atoms with Gasteiger partial charge in [0.1, 0.15) is 0 Å². The lowest BCUT2D eigenvalue weighted by Crippen LogP contribution is -2.09. The minimum absolute atomic E-state index is 0.508. The van der Waals surface area contributed by atoms with Crippen LogP contribution in [0.4, 0.5) is 0 Å². The van der Waals surface area contributed by atoms with Gasteiger partial charge < -0.3 is 0 Å². The van der Waals surface area contributed by atoms with Gasteiger partial charge in [-0.15, -0.1) is 0 Å². The molecule has 0 bridgehead atoms. The van der Waals surface area contributed by atoms with Gasteiger partial charge in [0.25, 0.3) is 0 Å². The summed E-state index contributed by atoms with van der Waals surface area (Å²) >= 11 is 0. The highest BCUT2D eigenvalue weighted by Gasteiger charge is 2.17. The SMILES string of the molecule is CCc1ccc2nc3c(c(CC#N)c2c1)CCCC3. The standard InChI is InChI=1S/C17H18N2/c1-2-12-7-8-17-15(11-12)13(9-10-18)14-5-3-4-6-16(14)19-17/h7-8,11H,2-6,9H2,1H3. The third-order valence-electron chi connectivity index (χ3n) is 4.11. The number of hydrogen-bond donors (Lipinski definition) is 0. The van der Waals surface area contributed by atoms with E-state index in [9.17, 15) is 0 Å². The lowest BCUT2D eigenvalue weighted by molar-refractivity contribution is 0.666. The van der Waals surface area contributed by atoms with E-state index in [1.54, 1.807) is 0 Å². The topological polar surface area (TPSA) is 36.7 Å². The van der Waals surface area contributed by atoms with Crippen LogP contribution in [0.1, 0.15) is 42.1 Å². The molecule has 1 heterocycles. The number of nitriles is 1. The molecule has 2 aromatic rings. The van der Waals surface area contributed by atoms with Gasteiger partial charge in [0.05, 0.1) is 18.0 Å². The predicted octanol–water partition coefficient (Wildman–Crippen LogP) is 3.74. The Morgan fingerprint density at radius 1 is 1.26 bits per heavy atom. The molecule has 1 aliphatic rings. The first kappa shape index (κ1) is 12.2. The lowest BCUT2D eigenvalue weighted by Gasteiger charge is -2.20. The van der Waals surface area contributed by atoms with E-state index in [2.05, 4.69) is 31.2 Å². The van der Waals surface area contributed by atoms with E-state index in [1.165, 1.54) is 40.6 Å². The molecule has 0 radical (unpaired) electrons. The minimum atomic E-state index is 0.508.